The van der Waals surface area contributed by atoms with E-state index in [1.165, 1.54) is 89.3 Å². The first-order valence-electron chi connectivity index (χ1n) is 21.3. The van der Waals surface area contributed by atoms with Crippen LogP contribution < -0.4 is 4.90 Å². The van der Waals surface area contributed by atoms with Gasteiger partial charge in [0.15, 0.2) is 0 Å². The zero-order chi connectivity index (χ0) is 39.7. The first-order chi connectivity index (χ1) is 29.5. The van der Waals surface area contributed by atoms with Crippen molar-refractivity contribution in [3.05, 3.63) is 227 Å². The third-order valence-electron chi connectivity index (χ3n) is 14.2. The summed E-state index contributed by atoms with van der Waals surface area (Å²) in [7, 11) is 0. The molecule has 4 aliphatic carbocycles. The molecular formula is C58H41NO. The molecule has 1 aromatic heterocycles. The Kier molecular flexibility index (Phi) is 6.86. The highest BCUT2D eigenvalue weighted by Crippen LogP contribution is 2.66. The minimum atomic E-state index is -0.538. The predicted molar refractivity (Wildman–Crippen MR) is 249 cm³/mol. The van der Waals surface area contributed by atoms with Gasteiger partial charge >= 0.3 is 0 Å². The number of allylic oxidation sites excluding steroid dienone is 4. The molecule has 1 atom stereocenters. The number of anilines is 3. The highest BCUT2D eigenvalue weighted by molar-refractivity contribution is 6.13. The maximum atomic E-state index is 6.84. The minimum absolute atomic E-state index is 0.0831. The molecule has 2 heteroatoms. The SMILES string of the molecule is CC1(C)c2ccccc2-c2cc(N(c3ccccc3C3=CC=CCC3)c3cccc4c3-c3ccccc3C43c4ccccc4-c4c3ccc3c4oc4ccccc43)ccc21. The minimum Gasteiger partial charge on any atom is -0.455 e. The summed E-state index contributed by atoms with van der Waals surface area (Å²) in [5, 5.41) is 2.31. The summed E-state index contributed by atoms with van der Waals surface area (Å²) in [6, 6.07) is 63.7. The molecule has 9 aromatic rings. The van der Waals surface area contributed by atoms with Crippen molar-refractivity contribution >= 4 is 44.6 Å². The summed E-state index contributed by atoms with van der Waals surface area (Å²) >= 11 is 0. The lowest BCUT2D eigenvalue weighted by atomic mass is 9.70. The van der Waals surface area contributed by atoms with E-state index < -0.39 is 5.41 Å². The van der Waals surface area contributed by atoms with Gasteiger partial charge in [0.05, 0.1) is 16.8 Å². The van der Waals surface area contributed by atoms with Crippen LogP contribution in [0, 0.1) is 0 Å². The van der Waals surface area contributed by atoms with Crippen LogP contribution in [0.4, 0.5) is 17.1 Å². The Hall–Kier alpha value is -7.16. The lowest BCUT2D eigenvalue weighted by Crippen LogP contribution is -2.26. The molecule has 0 aliphatic heterocycles. The largest absolute Gasteiger partial charge is 0.455 e. The normalized spacial score (nSPS) is 17.3. The Balaban J connectivity index is 1.12. The van der Waals surface area contributed by atoms with Crippen LogP contribution in [-0.4, -0.2) is 0 Å². The molecule has 284 valence electrons. The van der Waals surface area contributed by atoms with Crippen LogP contribution in [0.1, 0.15) is 65.6 Å². The molecular weight excluding hydrogens is 727 g/mol. The van der Waals surface area contributed by atoms with Gasteiger partial charge in [-0.1, -0.05) is 172 Å². The van der Waals surface area contributed by atoms with Gasteiger partial charge in [0.1, 0.15) is 11.2 Å². The maximum Gasteiger partial charge on any atom is 0.143 e. The second-order valence-corrected chi connectivity index (χ2v) is 17.4. The van der Waals surface area contributed by atoms with Crippen LogP contribution in [0.5, 0.6) is 0 Å². The molecule has 60 heavy (non-hydrogen) atoms. The Bertz CT molecular complexity index is 3370. The zero-order valence-electron chi connectivity index (χ0n) is 33.7. The van der Waals surface area contributed by atoms with Crippen LogP contribution in [0.15, 0.2) is 193 Å². The first kappa shape index (κ1) is 33.8. The Morgan fingerprint density at radius 2 is 1.10 bits per heavy atom. The summed E-state index contributed by atoms with van der Waals surface area (Å²) < 4.78 is 6.84. The molecule has 1 spiro atoms. The summed E-state index contributed by atoms with van der Waals surface area (Å²) in [6.07, 6.45) is 8.87. The van der Waals surface area contributed by atoms with E-state index >= 15 is 0 Å². The molecule has 13 rings (SSSR count). The molecule has 4 aliphatic rings. The van der Waals surface area contributed by atoms with E-state index in [0.717, 1.165) is 40.5 Å². The molecule has 0 radical (unpaired) electrons. The van der Waals surface area contributed by atoms with Crippen LogP contribution >= 0.6 is 0 Å². The fourth-order valence-electron chi connectivity index (χ4n) is 11.6. The van der Waals surface area contributed by atoms with Crippen molar-refractivity contribution in [2.75, 3.05) is 4.90 Å². The van der Waals surface area contributed by atoms with Crippen LogP contribution in [0.3, 0.4) is 0 Å². The van der Waals surface area contributed by atoms with E-state index in [-0.39, 0.29) is 5.41 Å². The van der Waals surface area contributed by atoms with Crippen molar-refractivity contribution in [3.63, 3.8) is 0 Å². The number of para-hydroxylation sites is 2. The van der Waals surface area contributed by atoms with Crippen LogP contribution in [0.25, 0.3) is 60.9 Å². The Labute approximate surface area is 350 Å². The van der Waals surface area contributed by atoms with Crippen molar-refractivity contribution in [1.82, 2.24) is 0 Å². The first-order valence-corrected chi connectivity index (χ1v) is 21.3. The highest BCUT2D eigenvalue weighted by atomic mass is 16.3. The van der Waals surface area contributed by atoms with Gasteiger partial charge in [0, 0.05) is 38.6 Å². The average molecular weight is 768 g/mol. The Morgan fingerprint density at radius 1 is 0.483 bits per heavy atom. The van der Waals surface area contributed by atoms with Crippen LogP contribution in [0.2, 0.25) is 0 Å². The van der Waals surface area contributed by atoms with E-state index in [1.807, 2.05) is 0 Å². The summed E-state index contributed by atoms with van der Waals surface area (Å²) in [5.41, 5.74) is 23.0. The molecule has 0 amide bonds. The van der Waals surface area contributed by atoms with E-state index in [4.69, 9.17) is 4.42 Å². The van der Waals surface area contributed by atoms with Crippen molar-refractivity contribution in [2.45, 2.75) is 37.5 Å². The third-order valence-corrected chi connectivity index (χ3v) is 14.2. The maximum absolute atomic E-state index is 6.84. The van der Waals surface area contributed by atoms with Crippen molar-refractivity contribution < 1.29 is 4.42 Å². The average Bonchev–Trinajstić information content (AvgIpc) is 3.99. The lowest BCUT2D eigenvalue weighted by Gasteiger charge is -2.33. The molecule has 2 nitrogen and oxygen atoms in total. The highest BCUT2D eigenvalue weighted by Gasteiger charge is 2.53. The van der Waals surface area contributed by atoms with E-state index in [2.05, 4.69) is 207 Å². The zero-order valence-corrected chi connectivity index (χ0v) is 33.7. The number of benzene rings is 8. The number of fused-ring (bicyclic) bond motifs is 17. The fraction of sp³-hybridized carbons (Fsp3) is 0.103. The van der Waals surface area contributed by atoms with Crippen molar-refractivity contribution in [2.24, 2.45) is 0 Å². The number of nitrogens with zero attached hydrogens (tertiary/aromatic N) is 1. The van der Waals surface area contributed by atoms with Crippen molar-refractivity contribution in [1.29, 1.82) is 0 Å². The second-order valence-electron chi connectivity index (χ2n) is 17.4. The van der Waals surface area contributed by atoms with Gasteiger partial charge in [0.25, 0.3) is 0 Å². The van der Waals surface area contributed by atoms with Gasteiger partial charge in [-0.15, -0.1) is 0 Å². The Morgan fingerprint density at radius 3 is 1.90 bits per heavy atom. The third kappa shape index (κ3) is 4.28. The van der Waals surface area contributed by atoms with Gasteiger partial charge in [0.2, 0.25) is 0 Å². The molecule has 0 fully saturated rings. The quantitative estimate of drug-likeness (QED) is 0.177. The fourth-order valence-corrected chi connectivity index (χ4v) is 11.6. The smallest absolute Gasteiger partial charge is 0.143 e. The number of furan rings is 1. The van der Waals surface area contributed by atoms with Gasteiger partial charge in [-0.25, -0.2) is 0 Å². The summed E-state index contributed by atoms with van der Waals surface area (Å²) in [5.74, 6) is 0. The molecule has 1 heterocycles. The summed E-state index contributed by atoms with van der Waals surface area (Å²) in [6.45, 7) is 4.73. The predicted octanol–water partition coefficient (Wildman–Crippen LogP) is 15.4. The van der Waals surface area contributed by atoms with E-state index in [0.29, 0.717) is 0 Å². The van der Waals surface area contributed by atoms with E-state index in [1.54, 1.807) is 0 Å². The number of rotatable bonds is 4. The van der Waals surface area contributed by atoms with Crippen molar-refractivity contribution in [3.8, 4) is 33.4 Å². The molecule has 0 N–H and O–H groups in total. The molecule has 1 unspecified atom stereocenters. The lowest BCUT2D eigenvalue weighted by molar-refractivity contribution is 0.660. The van der Waals surface area contributed by atoms with Crippen LogP contribution in [-0.2, 0) is 10.8 Å². The van der Waals surface area contributed by atoms with E-state index in [9.17, 15) is 0 Å². The number of hydrogen-bond acceptors (Lipinski definition) is 2. The topological polar surface area (TPSA) is 16.4 Å². The van der Waals surface area contributed by atoms with Gasteiger partial charge in [-0.05, 0) is 104 Å². The van der Waals surface area contributed by atoms with Gasteiger partial charge in [-0.2, -0.15) is 0 Å². The molecule has 0 saturated carbocycles. The molecule has 8 aromatic carbocycles. The van der Waals surface area contributed by atoms with Gasteiger partial charge < -0.3 is 9.32 Å². The molecule has 0 saturated heterocycles. The number of hydrogen-bond donors (Lipinski definition) is 0. The summed E-state index contributed by atoms with van der Waals surface area (Å²) in [4.78, 5) is 2.57. The monoisotopic (exact) mass is 767 g/mol. The second kappa shape index (κ2) is 12.2. The standard InChI is InChI=1S/C58H41NO/c1-57(2)45-24-11-6-20-39(45)44-35-37(31-33-46(44)57)59(51-28-14-9-19-38(51)36-17-4-3-5-18-36)52-29-16-27-49-54(52)42-22-7-12-25-47(42)58(49)48-26-13-8-23-43(48)55-50(58)34-32-41-40-21-10-15-30-53(40)60-56(41)55/h3-4,6-17,19-35H,5,18H2,1-2H3. The molecule has 0 bridgehead atoms. The van der Waals surface area contributed by atoms with Gasteiger partial charge in [-0.3, -0.25) is 0 Å².